The van der Waals surface area contributed by atoms with E-state index < -0.39 is 39.7 Å². The van der Waals surface area contributed by atoms with E-state index >= 15 is 0 Å². The molecule has 0 aromatic heterocycles. The van der Waals surface area contributed by atoms with Crippen LogP contribution in [0.1, 0.15) is 26.3 Å². The maximum absolute atomic E-state index is 12.9. The fourth-order valence-electron chi connectivity index (χ4n) is 1.40. The van der Waals surface area contributed by atoms with Crippen LogP contribution in [0.2, 0.25) is 0 Å². The standard InChI is InChI=1S/C12H13F3N2O4/c1-11(2,3)21-10(18)16-9-5-4-7(17(19)20)6-8(9)12(13,14)15/h4-6H,1-3H3,(H,16,18). The van der Waals surface area contributed by atoms with Crippen molar-refractivity contribution in [3.8, 4) is 0 Å². The molecule has 0 atom stereocenters. The zero-order valence-corrected chi connectivity index (χ0v) is 11.4. The van der Waals surface area contributed by atoms with E-state index in [0.717, 1.165) is 12.1 Å². The van der Waals surface area contributed by atoms with E-state index in [-0.39, 0.29) is 0 Å². The molecule has 0 spiro atoms. The molecular formula is C12H13F3N2O4. The first-order valence-electron chi connectivity index (χ1n) is 5.76. The molecule has 0 bridgehead atoms. The van der Waals surface area contributed by atoms with Crippen LogP contribution in [-0.4, -0.2) is 16.6 Å². The minimum absolute atomic E-state index is 0.354. The highest BCUT2D eigenvalue weighted by molar-refractivity contribution is 5.86. The van der Waals surface area contributed by atoms with E-state index in [0.29, 0.717) is 6.07 Å². The largest absolute Gasteiger partial charge is 0.444 e. The average Bonchev–Trinajstić information content (AvgIpc) is 2.24. The highest BCUT2D eigenvalue weighted by Gasteiger charge is 2.36. The maximum Gasteiger partial charge on any atom is 0.418 e. The lowest BCUT2D eigenvalue weighted by Gasteiger charge is -2.20. The summed E-state index contributed by atoms with van der Waals surface area (Å²) < 4.78 is 43.4. The number of amides is 1. The Morgan fingerprint density at radius 3 is 2.29 bits per heavy atom. The molecule has 0 heterocycles. The molecule has 1 aromatic carbocycles. The summed E-state index contributed by atoms with van der Waals surface area (Å²) in [6, 6.07) is 2.03. The molecular weight excluding hydrogens is 293 g/mol. The number of ether oxygens (including phenoxy) is 1. The number of carbonyl (C=O) groups is 1. The summed E-state index contributed by atoms with van der Waals surface area (Å²) in [6.45, 7) is 4.65. The van der Waals surface area contributed by atoms with Crippen LogP contribution in [0.4, 0.5) is 29.3 Å². The summed E-state index contributed by atoms with van der Waals surface area (Å²) in [5.41, 5.74) is -3.54. The molecule has 6 nitrogen and oxygen atoms in total. The van der Waals surface area contributed by atoms with Gasteiger partial charge in [-0.3, -0.25) is 15.4 Å². The molecule has 0 aliphatic carbocycles. The van der Waals surface area contributed by atoms with Crippen LogP contribution >= 0.6 is 0 Å². The van der Waals surface area contributed by atoms with Crippen LogP contribution in [-0.2, 0) is 10.9 Å². The lowest BCUT2D eigenvalue weighted by molar-refractivity contribution is -0.385. The minimum atomic E-state index is -4.85. The molecule has 21 heavy (non-hydrogen) atoms. The Hall–Kier alpha value is -2.32. The molecule has 1 rings (SSSR count). The number of anilines is 1. The molecule has 1 N–H and O–H groups in total. The SMILES string of the molecule is CC(C)(C)OC(=O)Nc1ccc([N+](=O)[O-])cc1C(F)(F)F. The minimum Gasteiger partial charge on any atom is -0.444 e. The molecule has 0 saturated carbocycles. The second-order valence-electron chi connectivity index (χ2n) is 5.11. The third-order valence-corrected chi connectivity index (χ3v) is 2.15. The van der Waals surface area contributed by atoms with Gasteiger partial charge in [-0.2, -0.15) is 13.2 Å². The van der Waals surface area contributed by atoms with Crippen molar-refractivity contribution in [2.45, 2.75) is 32.5 Å². The molecule has 116 valence electrons. The first-order chi connectivity index (χ1) is 9.40. The van der Waals surface area contributed by atoms with E-state index in [2.05, 4.69) is 0 Å². The van der Waals surface area contributed by atoms with Crippen molar-refractivity contribution in [2.75, 3.05) is 5.32 Å². The number of alkyl halides is 3. The van der Waals surface area contributed by atoms with Crippen molar-refractivity contribution < 1.29 is 27.6 Å². The molecule has 0 aliphatic heterocycles. The molecule has 0 radical (unpaired) electrons. The number of carbonyl (C=O) groups excluding carboxylic acids is 1. The number of nitro groups is 1. The summed E-state index contributed by atoms with van der Waals surface area (Å²) in [6.07, 6.45) is -5.93. The van der Waals surface area contributed by atoms with Gasteiger partial charge in [-0.1, -0.05) is 0 Å². The Morgan fingerprint density at radius 2 is 1.86 bits per heavy atom. The lowest BCUT2D eigenvalue weighted by Crippen LogP contribution is -2.28. The Morgan fingerprint density at radius 1 is 1.29 bits per heavy atom. The monoisotopic (exact) mass is 306 g/mol. The van der Waals surface area contributed by atoms with Crippen molar-refractivity contribution in [1.29, 1.82) is 0 Å². The zero-order valence-electron chi connectivity index (χ0n) is 11.4. The van der Waals surface area contributed by atoms with Gasteiger partial charge in [0.05, 0.1) is 16.2 Å². The number of rotatable bonds is 2. The van der Waals surface area contributed by atoms with Gasteiger partial charge in [-0.25, -0.2) is 4.79 Å². The van der Waals surface area contributed by atoms with Crippen molar-refractivity contribution in [3.05, 3.63) is 33.9 Å². The van der Waals surface area contributed by atoms with Gasteiger partial charge < -0.3 is 4.74 Å². The topological polar surface area (TPSA) is 81.5 Å². The highest BCUT2D eigenvalue weighted by Crippen LogP contribution is 2.37. The Kier molecular flexibility index (Phi) is 4.45. The maximum atomic E-state index is 12.9. The van der Waals surface area contributed by atoms with Crippen LogP contribution in [0.25, 0.3) is 0 Å². The molecule has 0 fully saturated rings. The van der Waals surface area contributed by atoms with Gasteiger partial charge in [0.25, 0.3) is 5.69 Å². The number of halogens is 3. The van der Waals surface area contributed by atoms with Crippen molar-refractivity contribution in [2.24, 2.45) is 0 Å². The molecule has 1 amide bonds. The summed E-state index contributed by atoms with van der Waals surface area (Å²) in [5, 5.41) is 12.5. The van der Waals surface area contributed by atoms with Gasteiger partial charge in [0, 0.05) is 12.1 Å². The molecule has 9 heteroatoms. The number of nitro benzene ring substituents is 1. The first-order valence-corrected chi connectivity index (χ1v) is 5.76. The summed E-state index contributed by atoms with van der Waals surface area (Å²) >= 11 is 0. The normalized spacial score (nSPS) is 11.9. The summed E-state index contributed by atoms with van der Waals surface area (Å²) in [7, 11) is 0. The van der Waals surface area contributed by atoms with Crippen LogP contribution in [0.5, 0.6) is 0 Å². The predicted molar refractivity (Wildman–Crippen MR) is 68.0 cm³/mol. The van der Waals surface area contributed by atoms with Crippen LogP contribution in [0.3, 0.4) is 0 Å². The molecule has 0 aliphatic rings. The summed E-state index contributed by atoms with van der Waals surface area (Å²) in [4.78, 5) is 21.1. The van der Waals surface area contributed by atoms with Gasteiger partial charge in [0.15, 0.2) is 0 Å². The third-order valence-electron chi connectivity index (χ3n) is 2.15. The molecule has 0 saturated heterocycles. The predicted octanol–water partition coefficient (Wildman–Crippen LogP) is 3.96. The molecule has 1 aromatic rings. The summed E-state index contributed by atoms with van der Waals surface area (Å²) in [5.74, 6) is 0. The third kappa shape index (κ3) is 4.93. The number of hydrogen-bond acceptors (Lipinski definition) is 4. The zero-order chi connectivity index (χ0) is 16.4. The van der Waals surface area contributed by atoms with Crippen molar-refractivity contribution in [3.63, 3.8) is 0 Å². The fraction of sp³-hybridized carbons (Fsp3) is 0.417. The van der Waals surface area contributed by atoms with E-state index in [1.54, 1.807) is 20.8 Å². The fourth-order valence-corrected chi connectivity index (χ4v) is 1.40. The smallest absolute Gasteiger partial charge is 0.418 e. The Bertz CT molecular complexity index is 565. The second-order valence-corrected chi connectivity index (χ2v) is 5.11. The average molecular weight is 306 g/mol. The van der Waals surface area contributed by atoms with Crippen molar-refractivity contribution >= 4 is 17.5 Å². The second kappa shape index (κ2) is 5.58. The highest BCUT2D eigenvalue weighted by atomic mass is 19.4. The first kappa shape index (κ1) is 16.7. The van der Waals surface area contributed by atoms with Gasteiger partial charge in [0.2, 0.25) is 0 Å². The van der Waals surface area contributed by atoms with Gasteiger partial charge in [0.1, 0.15) is 5.60 Å². The Labute approximate surface area is 118 Å². The number of non-ortho nitro benzene ring substituents is 1. The van der Waals surface area contributed by atoms with Crippen molar-refractivity contribution in [1.82, 2.24) is 0 Å². The van der Waals surface area contributed by atoms with Gasteiger partial charge >= 0.3 is 12.3 Å². The van der Waals surface area contributed by atoms with E-state index in [1.165, 1.54) is 0 Å². The van der Waals surface area contributed by atoms with Crippen LogP contribution in [0, 0.1) is 10.1 Å². The van der Waals surface area contributed by atoms with E-state index in [1.807, 2.05) is 5.32 Å². The van der Waals surface area contributed by atoms with Crippen LogP contribution < -0.4 is 5.32 Å². The van der Waals surface area contributed by atoms with E-state index in [9.17, 15) is 28.1 Å². The van der Waals surface area contributed by atoms with Gasteiger partial charge in [-0.05, 0) is 26.8 Å². The number of benzene rings is 1. The molecule has 0 unspecified atom stereocenters. The van der Waals surface area contributed by atoms with E-state index in [4.69, 9.17) is 4.74 Å². The number of nitrogens with one attached hydrogen (secondary N) is 1. The lowest BCUT2D eigenvalue weighted by atomic mass is 10.1. The van der Waals surface area contributed by atoms with Gasteiger partial charge in [-0.15, -0.1) is 0 Å². The quantitative estimate of drug-likeness (QED) is 0.662. The Balaban J connectivity index is 3.12. The number of hydrogen-bond donors (Lipinski definition) is 1. The van der Waals surface area contributed by atoms with Crippen LogP contribution in [0.15, 0.2) is 18.2 Å². The number of nitrogens with zero attached hydrogens (tertiary/aromatic N) is 1.